The zero-order chi connectivity index (χ0) is 23.6. The van der Waals surface area contributed by atoms with E-state index in [1.165, 1.54) is 0 Å². The van der Waals surface area contributed by atoms with Gasteiger partial charge in [0.1, 0.15) is 5.82 Å². The number of aromatic nitrogens is 5. The fourth-order valence-electron chi connectivity index (χ4n) is 4.58. The van der Waals surface area contributed by atoms with Crippen molar-refractivity contribution >= 4 is 0 Å². The van der Waals surface area contributed by atoms with E-state index >= 15 is 0 Å². The quantitative estimate of drug-likeness (QED) is 0.424. The summed E-state index contributed by atoms with van der Waals surface area (Å²) in [5.41, 5.74) is 6.59. The second-order valence-corrected chi connectivity index (χ2v) is 8.69. The van der Waals surface area contributed by atoms with Gasteiger partial charge in [-0.05, 0) is 24.3 Å². The number of H-pyrrole nitrogens is 1. The molecule has 0 amide bonds. The van der Waals surface area contributed by atoms with E-state index in [1.807, 2.05) is 65.3 Å². The number of pyridine rings is 1. The van der Waals surface area contributed by atoms with Gasteiger partial charge in [0, 0.05) is 61.3 Å². The van der Waals surface area contributed by atoms with E-state index in [-0.39, 0.29) is 5.56 Å². The first-order valence-electron chi connectivity index (χ1n) is 11.7. The molecular weight excluding hydrogens is 436 g/mol. The summed E-state index contributed by atoms with van der Waals surface area (Å²) < 4.78 is 1.94. The number of hydrogen-bond donors (Lipinski definition) is 1. The van der Waals surface area contributed by atoms with Crippen molar-refractivity contribution in [2.24, 2.45) is 0 Å². The van der Waals surface area contributed by atoms with Gasteiger partial charge < -0.3 is 4.98 Å². The Balaban J connectivity index is 1.31. The Morgan fingerprint density at radius 3 is 2.40 bits per heavy atom. The minimum absolute atomic E-state index is 0.0743. The predicted octanol–water partition coefficient (Wildman–Crippen LogP) is 4.24. The van der Waals surface area contributed by atoms with Gasteiger partial charge in [-0.2, -0.15) is 5.10 Å². The van der Waals surface area contributed by atoms with Crippen molar-refractivity contribution in [3.63, 3.8) is 0 Å². The van der Waals surface area contributed by atoms with Crippen LogP contribution in [0.1, 0.15) is 16.8 Å². The molecule has 0 saturated carbocycles. The van der Waals surface area contributed by atoms with Crippen LogP contribution in [0.4, 0.5) is 0 Å². The van der Waals surface area contributed by atoms with Crippen LogP contribution in [-0.2, 0) is 19.5 Å². The normalized spacial score (nSPS) is 13.5. The van der Waals surface area contributed by atoms with Crippen LogP contribution >= 0.6 is 0 Å². The molecule has 0 bridgehead atoms. The van der Waals surface area contributed by atoms with Crippen molar-refractivity contribution in [2.75, 3.05) is 6.54 Å². The molecule has 4 heterocycles. The molecule has 35 heavy (non-hydrogen) atoms. The van der Waals surface area contributed by atoms with E-state index in [1.54, 1.807) is 12.4 Å². The molecular formula is C28H24N6O. The average molecular weight is 461 g/mol. The summed E-state index contributed by atoms with van der Waals surface area (Å²) in [6.07, 6.45) is 6.24. The molecule has 0 fully saturated rings. The highest BCUT2D eigenvalue weighted by Gasteiger charge is 2.23. The summed E-state index contributed by atoms with van der Waals surface area (Å²) in [4.78, 5) is 27.1. The molecule has 0 unspecified atom stereocenters. The summed E-state index contributed by atoms with van der Waals surface area (Å²) in [5.74, 6) is 0.597. The van der Waals surface area contributed by atoms with Crippen LogP contribution < -0.4 is 5.56 Å². The van der Waals surface area contributed by atoms with Gasteiger partial charge in [0.25, 0.3) is 5.56 Å². The average Bonchev–Trinajstić information content (AvgIpc) is 3.34. The Morgan fingerprint density at radius 1 is 0.886 bits per heavy atom. The highest BCUT2D eigenvalue weighted by Crippen LogP contribution is 2.27. The SMILES string of the molecule is O=c1[nH]c(-c2ccncc2)nc2c1CN(Cc1cn(-c3ccccc3)nc1-c1ccccc1)CC2. The molecule has 0 spiro atoms. The summed E-state index contributed by atoms with van der Waals surface area (Å²) in [5, 5.41) is 4.93. The molecule has 7 nitrogen and oxygen atoms in total. The first-order chi connectivity index (χ1) is 17.2. The third-order valence-electron chi connectivity index (χ3n) is 6.35. The van der Waals surface area contributed by atoms with Crippen LogP contribution in [0.25, 0.3) is 28.3 Å². The zero-order valence-electron chi connectivity index (χ0n) is 19.1. The van der Waals surface area contributed by atoms with E-state index in [2.05, 4.69) is 33.2 Å². The molecule has 1 aliphatic rings. The lowest BCUT2D eigenvalue weighted by Crippen LogP contribution is -2.35. The number of nitrogens with one attached hydrogen (secondary N) is 1. The molecule has 7 heteroatoms. The lowest BCUT2D eigenvalue weighted by Gasteiger charge is -2.27. The van der Waals surface area contributed by atoms with Crippen LogP contribution in [0.2, 0.25) is 0 Å². The van der Waals surface area contributed by atoms with Crippen molar-refractivity contribution < 1.29 is 0 Å². The van der Waals surface area contributed by atoms with Crippen molar-refractivity contribution in [1.82, 2.24) is 29.6 Å². The predicted molar refractivity (Wildman–Crippen MR) is 135 cm³/mol. The van der Waals surface area contributed by atoms with Crippen LogP contribution in [0, 0.1) is 0 Å². The van der Waals surface area contributed by atoms with Crippen molar-refractivity contribution in [3.8, 4) is 28.3 Å². The number of aromatic amines is 1. The van der Waals surface area contributed by atoms with Crippen molar-refractivity contribution in [1.29, 1.82) is 0 Å². The minimum atomic E-state index is -0.0743. The molecule has 0 radical (unpaired) electrons. The number of rotatable bonds is 5. The highest BCUT2D eigenvalue weighted by atomic mass is 16.1. The van der Waals surface area contributed by atoms with Crippen LogP contribution in [0.5, 0.6) is 0 Å². The van der Waals surface area contributed by atoms with Gasteiger partial charge in [0.2, 0.25) is 0 Å². The molecule has 3 aromatic heterocycles. The fraction of sp³-hybridized carbons (Fsp3) is 0.143. The van der Waals surface area contributed by atoms with Crippen molar-refractivity contribution in [2.45, 2.75) is 19.5 Å². The van der Waals surface area contributed by atoms with E-state index in [9.17, 15) is 4.79 Å². The van der Waals surface area contributed by atoms with Crippen molar-refractivity contribution in [3.05, 3.63) is 119 Å². The van der Waals surface area contributed by atoms with E-state index < -0.39 is 0 Å². The van der Waals surface area contributed by atoms with Gasteiger partial charge in [-0.15, -0.1) is 0 Å². The van der Waals surface area contributed by atoms with Gasteiger partial charge in [-0.25, -0.2) is 9.67 Å². The molecule has 1 N–H and O–H groups in total. The van der Waals surface area contributed by atoms with Crippen LogP contribution in [-0.4, -0.2) is 36.2 Å². The van der Waals surface area contributed by atoms with E-state index in [0.29, 0.717) is 18.9 Å². The zero-order valence-corrected chi connectivity index (χ0v) is 19.1. The van der Waals surface area contributed by atoms with E-state index in [0.717, 1.165) is 52.3 Å². The topological polar surface area (TPSA) is 79.7 Å². The summed E-state index contributed by atoms with van der Waals surface area (Å²) in [7, 11) is 0. The van der Waals surface area contributed by atoms with Gasteiger partial charge in [-0.1, -0.05) is 48.5 Å². The minimum Gasteiger partial charge on any atom is -0.306 e. The molecule has 0 aliphatic carbocycles. The third kappa shape index (κ3) is 4.29. The van der Waals surface area contributed by atoms with Gasteiger partial charge in [-0.3, -0.25) is 14.7 Å². The maximum atomic E-state index is 13.0. The summed E-state index contributed by atoms with van der Waals surface area (Å²) >= 11 is 0. The number of benzene rings is 2. The second kappa shape index (κ2) is 9.12. The number of fused-ring (bicyclic) bond motifs is 1. The number of nitrogens with zero attached hydrogens (tertiary/aromatic N) is 5. The number of hydrogen-bond acceptors (Lipinski definition) is 5. The second-order valence-electron chi connectivity index (χ2n) is 8.69. The Labute approximate surface area is 202 Å². The highest BCUT2D eigenvalue weighted by molar-refractivity contribution is 5.63. The summed E-state index contributed by atoms with van der Waals surface area (Å²) in [6.45, 7) is 2.07. The molecule has 0 saturated heterocycles. The Kier molecular flexibility index (Phi) is 5.52. The van der Waals surface area contributed by atoms with Gasteiger partial charge in [0.15, 0.2) is 0 Å². The van der Waals surface area contributed by atoms with Gasteiger partial charge >= 0.3 is 0 Å². The standard InChI is InChI=1S/C28H24N6O/c35-28-24-19-33(16-13-25(24)30-27(31-28)21-11-14-29-15-12-21)17-22-18-34(23-9-5-2-6-10-23)32-26(22)20-7-3-1-4-8-20/h1-12,14-15,18H,13,16-17,19H2,(H,30,31,35). The monoisotopic (exact) mass is 460 g/mol. The molecule has 0 atom stereocenters. The Hall–Kier alpha value is -4.36. The Morgan fingerprint density at radius 2 is 1.63 bits per heavy atom. The largest absolute Gasteiger partial charge is 0.306 e. The Bertz CT molecular complexity index is 1510. The lowest BCUT2D eigenvalue weighted by atomic mass is 10.0. The van der Waals surface area contributed by atoms with Crippen LogP contribution in [0.3, 0.4) is 0 Å². The number of para-hydroxylation sites is 1. The van der Waals surface area contributed by atoms with E-state index in [4.69, 9.17) is 10.1 Å². The molecule has 6 rings (SSSR count). The maximum Gasteiger partial charge on any atom is 0.255 e. The lowest BCUT2D eigenvalue weighted by molar-refractivity contribution is 0.242. The molecule has 1 aliphatic heterocycles. The smallest absolute Gasteiger partial charge is 0.255 e. The third-order valence-corrected chi connectivity index (χ3v) is 6.35. The summed E-state index contributed by atoms with van der Waals surface area (Å²) in [6, 6.07) is 24.1. The fourth-order valence-corrected chi connectivity index (χ4v) is 4.58. The van der Waals surface area contributed by atoms with Gasteiger partial charge in [0.05, 0.1) is 22.6 Å². The molecule has 5 aromatic rings. The maximum absolute atomic E-state index is 13.0. The first kappa shape index (κ1) is 21.2. The molecule has 2 aromatic carbocycles. The first-order valence-corrected chi connectivity index (χ1v) is 11.7. The molecule has 172 valence electrons. The van der Waals surface area contributed by atoms with Crippen LogP contribution in [0.15, 0.2) is 96.2 Å².